The lowest BCUT2D eigenvalue weighted by molar-refractivity contribution is 0.0993. The van der Waals surface area contributed by atoms with Crippen molar-refractivity contribution in [2.24, 2.45) is 0 Å². The fourth-order valence-electron chi connectivity index (χ4n) is 1.56. The Morgan fingerprint density at radius 2 is 2.11 bits per heavy atom. The predicted molar refractivity (Wildman–Crippen MR) is 70.2 cm³/mol. The zero-order valence-electron chi connectivity index (χ0n) is 10.2. The number of carbonyl (C=O) groups is 1. The molecule has 19 heavy (non-hydrogen) atoms. The molecule has 0 radical (unpaired) electrons. The normalized spacial score (nSPS) is 12.4. The maximum atomic E-state index is 13.1. The number of halogens is 2. The van der Waals surface area contributed by atoms with E-state index in [9.17, 15) is 13.6 Å². The SMILES string of the molecule is CC(SCc1ccco1)C(=O)c1ccc(F)c(F)c1. The van der Waals surface area contributed by atoms with E-state index in [-0.39, 0.29) is 16.6 Å². The van der Waals surface area contributed by atoms with Crippen LogP contribution in [0.25, 0.3) is 0 Å². The molecule has 0 saturated carbocycles. The van der Waals surface area contributed by atoms with Crippen LogP contribution in [0, 0.1) is 11.6 Å². The molecule has 2 nitrogen and oxygen atoms in total. The van der Waals surface area contributed by atoms with E-state index in [4.69, 9.17) is 4.42 Å². The first kappa shape index (κ1) is 13.8. The summed E-state index contributed by atoms with van der Waals surface area (Å²) in [6.07, 6.45) is 1.57. The molecule has 2 rings (SSSR count). The Hall–Kier alpha value is -1.62. The van der Waals surface area contributed by atoms with Crippen LogP contribution in [-0.4, -0.2) is 11.0 Å². The zero-order chi connectivity index (χ0) is 13.8. The molecule has 2 aromatic rings. The Bertz CT molecular complexity index is 567. The van der Waals surface area contributed by atoms with Crippen molar-refractivity contribution in [3.63, 3.8) is 0 Å². The van der Waals surface area contributed by atoms with Gasteiger partial charge in [-0.3, -0.25) is 4.79 Å². The maximum Gasteiger partial charge on any atom is 0.175 e. The van der Waals surface area contributed by atoms with Gasteiger partial charge in [0.1, 0.15) is 5.76 Å². The first-order valence-electron chi connectivity index (χ1n) is 5.71. The lowest BCUT2D eigenvalue weighted by Crippen LogP contribution is -2.14. The van der Waals surface area contributed by atoms with Gasteiger partial charge in [0, 0.05) is 5.56 Å². The molecule has 0 aliphatic rings. The molecule has 1 heterocycles. The minimum Gasteiger partial charge on any atom is -0.468 e. The Labute approximate surface area is 113 Å². The third kappa shape index (κ3) is 3.44. The molecule has 0 aliphatic carbocycles. The second-order valence-corrected chi connectivity index (χ2v) is 5.35. The lowest BCUT2D eigenvalue weighted by Gasteiger charge is -2.09. The Balaban J connectivity index is 2.00. The van der Waals surface area contributed by atoms with Crippen molar-refractivity contribution in [1.82, 2.24) is 0 Å². The van der Waals surface area contributed by atoms with Crippen LogP contribution in [0.1, 0.15) is 23.0 Å². The zero-order valence-corrected chi connectivity index (χ0v) is 11.0. The molecular weight excluding hydrogens is 270 g/mol. The molecule has 0 N–H and O–H groups in total. The molecule has 0 bridgehead atoms. The van der Waals surface area contributed by atoms with Crippen molar-refractivity contribution in [2.75, 3.05) is 0 Å². The van der Waals surface area contributed by atoms with Gasteiger partial charge < -0.3 is 4.42 Å². The largest absolute Gasteiger partial charge is 0.468 e. The number of ketones is 1. The lowest BCUT2D eigenvalue weighted by atomic mass is 10.1. The fraction of sp³-hybridized carbons (Fsp3) is 0.214. The second kappa shape index (κ2) is 6.02. The van der Waals surface area contributed by atoms with Gasteiger partial charge in [0.2, 0.25) is 0 Å². The molecule has 1 aromatic heterocycles. The molecule has 0 spiro atoms. The van der Waals surface area contributed by atoms with Crippen molar-refractivity contribution >= 4 is 17.5 Å². The standard InChI is InChI=1S/C14H12F2O2S/c1-9(19-8-11-3-2-6-18-11)14(17)10-4-5-12(15)13(16)7-10/h2-7,9H,8H2,1H3. The maximum absolute atomic E-state index is 13.1. The number of thioether (sulfide) groups is 1. The van der Waals surface area contributed by atoms with E-state index >= 15 is 0 Å². The third-order valence-corrected chi connectivity index (χ3v) is 3.79. The molecule has 0 amide bonds. The van der Waals surface area contributed by atoms with Crippen molar-refractivity contribution in [2.45, 2.75) is 17.9 Å². The minimum atomic E-state index is -1.01. The number of rotatable bonds is 5. The molecule has 0 saturated heterocycles. The highest BCUT2D eigenvalue weighted by atomic mass is 32.2. The Morgan fingerprint density at radius 3 is 2.74 bits per heavy atom. The molecule has 1 atom stereocenters. The summed E-state index contributed by atoms with van der Waals surface area (Å²) in [7, 11) is 0. The Morgan fingerprint density at radius 1 is 1.32 bits per heavy atom. The van der Waals surface area contributed by atoms with Crippen LogP contribution in [0.5, 0.6) is 0 Å². The third-order valence-electron chi connectivity index (χ3n) is 2.63. The van der Waals surface area contributed by atoms with Gasteiger partial charge in [0.05, 0.1) is 17.3 Å². The Kier molecular flexibility index (Phi) is 4.37. The molecule has 1 aromatic carbocycles. The molecule has 0 aliphatic heterocycles. The predicted octanol–water partition coefficient (Wildman–Crippen LogP) is 4.06. The topological polar surface area (TPSA) is 30.2 Å². The van der Waals surface area contributed by atoms with E-state index in [1.807, 2.05) is 6.07 Å². The van der Waals surface area contributed by atoms with Crippen LogP contribution >= 0.6 is 11.8 Å². The summed E-state index contributed by atoms with van der Waals surface area (Å²) in [6, 6.07) is 6.79. The van der Waals surface area contributed by atoms with Crippen molar-refractivity contribution in [3.8, 4) is 0 Å². The molecule has 1 unspecified atom stereocenters. The number of furan rings is 1. The van der Waals surface area contributed by atoms with Crippen LogP contribution in [0.2, 0.25) is 0 Å². The summed E-state index contributed by atoms with van der Waals surface area (Å²) in [5.74, 6) is -0.851. The number of Topliss-reactive ketones (excluding diaryl/α,β-unsaturated/α-hetero) is 1. The molecular formula is C14H12F2O2S. The minimum absolute atomic E-state index is 0.179. The quantitative estimate of drug-likeness (QED) is 0.775. The van der Waals surface area contributed by atoms with Crippen molar-refractivity contribution in [3.05, 3.63) is 59.6 Å². The van der Waals surface area contributed by atoms with E-state index < -0.39 is 11.6 Å². The van der Waals surface area contributed by atoms with Crippen molar-refractivity contribution in [1.29, 1.82) is 0 Å². The average Bonchev–Trinajstić information content (AvgIpc) is 2.91. The van der Waals surface area contributed by atoms with Gasteiger partial charge in [-0.25, -0.2) is 8.78 Å². The van der Waals surface area contributed by atoms with Crippen molar-refractivity contribution < 1.29 is 18.0 Å². The van der Waals surface area contributed by atoms with Crippen LogP contribution in [0.4, 0.5) is 8.78 Å². The monoisotopic (exact) mass is 282 g/mol. The molecule has 100 valence electrons. The van der Waals surface area contributed by atoms with Gasteiger partial charge in [0.15, 0.2) is 17.4 Å². The number of hydrogen-bond donors (Lipinski definition) is 0. The summed E-state index contributed by atoms with van der Waals surface area (Å²) in [5.41, 5.74) is 0.179. The van der Waals surface area contributed by atoms with E-state index in [2.05, 4.69) is 0 Å². The van der Waals surface area contributed by atoms with E-state index in [0.29, 0.717) is 5.75 Å². The van der Waals surface area contributed by atoms with E-state index in [1.165, 1.54) is 17.8 Å². The highest BCUT2D eigenvalue weighted by Crippen LogP contribution is 2.22. The van der Waals surface area contributed by atoms with Gasteiger partial charge >= 0.3 is 0 Å². The summed E-state index contributed by atoms with van der Waals surface area (Å²) >= 11 is 1.39. The van der Waals surface area contributed by atoms with Gasteiger partial charge in [-0.1, -0.05) is 0 Å². The number of benzene rings is 1. The summed E-state index contributed by atoms with van der Waals surface area (Å²) in [4.78, 5) is 12.0. The highest BCUT2D eigenvalue weighted by Gasteiger charge is 2.17. The molecule has 0 fully saturated rings. The van der Waals surface area contributed by atoms with Crippen LogP contribution < -0.4 is 0 Å². The van der Waals surface area contributed by atoms with Gasteiger partial charge in [0.25, 0.3) is 0 Å². The van der Waals surface area contributed by atoms with Crippen LogP contribution in [-0.2, 0) is 5.75 Å². The summed E-state index contributed by atoms with van der Waals surface area (Å²) in [5, 5.41) is -0.352. The van der Waals surface area contributed by atoms with Gasteiger partial charge in [-0.05, 0) is 37.3 Å². The van der Waals surface area contributed by atoms with Gasteiger partial charge in [-0.15, -0.1) is 11.8 Å². The van der Waals surface area contributed by atoms with Crippen LogP contribution in [0.3, 0.4) is 0 Å². The average molecular weight is 282 g/mol. The first-order valence-corrected chi connectivity index (χ1v) is 6.76. The number of carbonyl (C=O) groups excluding carboxylic acids is 1. The van der Waals surface area contributed by atoms with Crippen LogP contribution in [0.15, 0.2) is 41.0 Å². The smallest absolute Gasteiger partial charge is 0.175 e. The number of hydrogen-bond acceptors (Lipinski definition) is 3. The second-order valence-electron chi connectivity index (χ2n) is 4.03. The first-order chi connectivity index (χ1) is 9.08. The molecule has 5 heteroatoms. The summed E-state index contributed by atoms with van der Waals surface area (Å²) in [6.45, 7) is 1.73. The van der Waals surface area contributed by atoms with Gasteiger partial charge in [-0.2, -0.15) is 0 Å². The van der Waals surface area contributed by atoms with E-state index in [1.54, 1.807) is 19.3 Å². The summed E-state index contributed by atoms with van der Waals surface area (Å²) < 4.78 is 31.0. The van der Waals surface area contributed by atoms with E-state index in [0.717, 1.165) is 17.9 Å². The fourth-order valence-corrected chi connectivity index (χ4v) is 2.43. The highest BCUT2D eigenvalue weighted by molar-refractivity contribution is 7.99.